The number of nitrogens with one attached hydrogen (secondary N) is 2. The van der Waals surface area contributed by atoms with Crippen molar-refractivity contribution in [3.05, 3.63) is 0 Å². The normalized spacial score (nSPS) is 14.0. The molecule has 0 aliphatic rings. The van der Waals surface area contributed by atoms with Gasteiger partial charge in [-0.1, -0.05) is 0 Å². The smallest absolute Gasteiger partial charge is 0.182 e. The largest absolute Gasteiger partial charge is 0.323 e. The van der Waals surface area contributed by atoms with E-state index in [9.17, 15) is 0 Å². The van der Waals surface area contributed by atoms with Gasteiger partial charge >= 0.3 is 0 Å². The zero-order valence-corrected chi connectivity index (χ0v) is 10.7. The fourth-order valence-electron chi connectivity index (χ4n) is 1.34. The molecule has 0 heterocycles. The second kappa shape index (κ2) is 3.90. The van der Waals surface area contributed by atoms with Crippen molar-refractivity contribution in [1.29, 1.82) is 0 Å². The van der Waals surface area contributed by atoms with Gasteiger partial charge in [0.2, 0.25) is 0 Å². The molecule has 0 aromatic rings. The molecular weight excluding hydrogens is 164 g/mol. The van der Waals surface area contributed by atoms with E-state index in [1.165, 1.54) is 0 Å². The molecule has 0 bridgehead atoms. The van der Waals surface area contributed by atoms with Crippen LogP contribution < -0.4 is 9.96 Å². The van der Waals surface area contributed by atoms with E-state index in [0.717, 1.165) is 0 Å². The molecule has 0 aliphatic heterocycles. The first-order valence-electron chi connectivity index (χ1n) is 4.65. The molecule has 0 radical (unpaired) electrons. The topological polar surface area (TPSA) is 24.1 Å². The lowest BCUT2D eigenvalue weighted by atomic mass is 10.1. The third-order valence-electron chi connectivity index (χ3n) is 1.30. The number of hydrogen-bond donors (Lipinski definition) is 2. The SMILES string of the molecule is C[SiH](NC(C)(C)C)NC(C)(C)C. The van der Waals surface area contributed by atoms with Crippen LogP contribution in [0.2, 0.25) is 6.55 Å². The van der Waals surface area contributed by atoms with Crippen molar-refractivity contribution in [3.8, 4) is 0 Å². The van der Waals surface area contributed by atoms with Gasteiger partial charge in [0.1, 0.15) is 0 Å². The predicted molar refractivity (Wildman–Crippen MR) is 58.8 cm³/mol. The molecule has 12 heavy (non-hydrogen) atoms. The highest BCUT2D eigenvalue weighted by Crippen LogP contribution is 2.02. The molecule has 74 valence electrons. The molecule has 0 rings (SSSR count). The van der Waals surface area contributed by atoms with E-state index in [-0.39, 0.29) is 11.1 Å². The summed E-state index contributed by atoms with van der Waals surface area (Å²) >= 11 is 0. The van der Waals surface area contributed by atoms with Crippen molar-refractivity contribution in [3.63, 3.8) is 0 Å². The van der Waals surface area contributed by atoms with Gasteiger partial charge < -0.3 is 9.96 Å². The minimum absolute atomic E-state index is 0.240. The van der Waals surface area contributed by atoms with Crippen molar-refractivity contribution >= 4 is 9.12 Å². The molecule has 2 N–H and O–H groups in total. The van der Waals surface area contributed by atoms with E-state index in [1.54, 1.807) is 0 Å². The zero-order valence-electron chi connectivity index (χ0n) is 9.58. The highest BCUT2D eigenvalue weighted by Gasteiger charge is 2.19. The molecule has 0 saturated carbocycles. The van der Waals surface area contributed by atoms with Gasteiger partial charge in [-0.05, 0) is 48.1 Å². The molecule has 0 fully saturated rings. The van der Waals surface area contributed by atoms with Gasteiger partial charge in [-0.15, -0.1) is 0 Å². The minimum Gasteiger partial charge on any atom is -0.323 e. The van der Waals surface area contributed by atoms with E-state index in [4.69, 9.17) is 0 Å². The van der Waals surface area contributed by atoms with E-state index in [0.29, 0.717) is 0 Å². The maximum atomic E-state index is 3.60. The van der Waals surface area contributed by atoms with E-state index >= 15 is 0 Å². The first kappa shape index (κ1) is 12.1. The lowest BCUT2D eigenvalue weighted by Gasteiger charge is -2.31. The Morgan fingerprint density at radius 1 is 0.750 bits per heavy atom. The van der Waals surface area contributed by atoms with Gasteiger partial charge in [0.15, 0.2) is 9.12 Å². The fraction of sp³-hybridized carbons (Fsp3) is 1.00. The van der Waals surface area contributed by atoms with Gasteiger partial charge in [0.25, 0.3) is 0 Å². The monoisotopic (exact) mass is 188 g/mol. The van der Waals surface area contributed by atoms with Crippen molar-refractivity contribution in [2.45, 2.75) is 59.2 Å². The summed E-state index contributed by atoms with van der Waals surface area (Å²) in [6.45, 7) is 15.5. The summed E-state index contributed by atoms with van der Waals surface area (Å²) in [5.74, 6) is 0. The van der Waals surface area contributed by atoms with Crippen LogP contribution in [0.4, 0.5) is 0 Å². The molecule has 0 aromatic carbocycles. The average molecular weight is 188 g/mol. The van der Waals surface area contributed by atoms with Gasteiger partial charge in [0, 0.05) is 11.1 Å². The summed E-state index contributed by atoms with van der Waals surface area (Å²) in [5, 5.41) is 0. The predicted octanol–water partition coefficient (Wildman–Crippen LogP) is 1.61. The molecule has 0 unspecified atom stereocenters. The van der Waals surface area contributed by atoms with Gasteiger partial charge in [-0.3, -0.25) is 0 Å². The molecule has 0 spiro atoms. The van der Waals surface area contributed by atoms with Crippen LogP contribution in [0.25, 0.3) is 0 Å². The third-order valence-corrected chi connectivity index (χ3v) is 3.90. The Hall–Kier alpha value is 0.137. The highest BCUT2D eigenvalue weighted by atomic mass is 28.3. The van der Waals surface area contributed by atoms with Crippen LogP contribution in [-0.4, -0.2) is 20.2 Å². The van der Waals surface area contributed by atoms with Crippen LogP contribution in [0, 0.1) is 0 Å². The first-order valence-corrected chi connectivity index (χ1v) is 6.96. The Bertz CT molecular complexity index is 116. The summed E-state index contributed by atoms with van der Waals surface area (Å²) in [5.41, 5.74) is 0.480. The summed E-state index contributed by atoms with van der Waals surface area (Å²) < 4.78 is 0. The van der Waals surface area contributed by atoms with Crippen molar-refractivity contribution in [2.24, 2.45) is 0 Å². The molecule has 0 amide bonds. The second-order valence-electron chi connectivity index (χ2n) is 5.51. The van der Waals surface area contributed by atoms with E-state index in [1.807, 2.05) is 0 Å². The highest BCUT2D eigenvalue weighted by molar-refractivity contribution is 6.52. The van der Waals surface area contributed by atoms with Crippen LogP contribution in [0.5, 0.6) is 0 Å². The molecule has 3 heteroatoms. The summed E-state index contributed by atoms with van der Waals surface area (Å²) in [6.07, 6.45) is 0. The standard InChI is InChI=1S/C9H24N2Si/c1-8(2,3)10-12(7)11-9(4,5)6/h10-12H,1-7H3. The fourth-order valence-corrected chi connectivity index (χ4v) is 4.01. The lowest BCUT2D eigenvalue weighted by Crippen LogP contribution is -2.58. The molecule has 0 atom stereocenters. The van der Waals surface area contributed by atoms with Crippen LogP contribution >= 0.6 is 0 Å². The number of rotatable bonds is 2. The summed E-state index contributed by atoms with van der Waals surface area (Å²) in [6, 6.07) is 0. The Balaban J connectivity index is 3.83. The maximum Gasteiger partial charge on any atom is 0.182 e. The van der Waals surface area contributed by atoms with Gasteiger partial charge in [-0.25, -0.2) is 0 Å². The minimum atomic E-state index is -0.952. The lowest BCUT2D eigenvalue weighted by molar-refractivity contribution is 0.476. The molecular formula is C9H24N2Si. The quantitative estimate of drug-likeness (QED) is 0.644. The summed E-state index contributed by atoms with van der Waals surface area (Å²) in [7, 11) is -0.952. The van der Waals surface area contributed by atoms with Crippen LogP contribution in [0.3, 0.4) is 0 Å². The first-order chi connectivity index (χ1) is 5.10. The molecule has 0 saturated heterocycles. The summed E-state index contributed by atoms with van der Waals surface area (Å²) in [4.78, 5) is 7.21. The van der Waals surface area contributed by atoms with E-state index in [2.05, 4.69) is 58.1 Å². The van der Waals surface area contributed by atoms with Crippen molar-refractivity contribution in [1.82, 2.24) is 9.96 Å². The van der Waals surface area contributed by atoms with Crippen LogP contribution in [-0.2, 0) is 0 Å². The van der Waals surface area contributed by atoms with Crippen molar-refractivity contribution in [2.75, 3.05) is 0 Å². The number of hydrogen-bond acceptors (Lipinski definition) is 2. The average Bonchev–Trinajstić information content (AvgIpc) is 1.49. The maximum absolute atomic E-state index is 3.60. The Kier molecular flexibility index (Phi) is 3.94. The second-order valence-corrected chi connectivity index (χ2v) is 7.53. The van der Waals surface area contributed by atoms with Gasteiger partial charge in [0.05, 0.1) is 0 Å². The zero-order chi connectivity index (χ0) is 9.99. The Morgan fingerprint density at radius 3 is 1.17 bits per heavy atom. The Morgan fingerprint density at radius 2 is 1.00 bits per heavy atom. The van der Waals surface area contributed by atoms with Crippen molar-refractivity contribution < 1.29 is 0 Å². The van der Waals surface area contributed by atoms with E-state index < -0.39 is 9.12 Å². The Labute approximate surface area is 78.9 Å². The molecule has 0 aromatic heterocycles. The van der Waals surface area contributed by atoms with Gasteiger partial charge in [-0.2, -0.15) is 0 Å². The molecule has 2 nitrogen and oxygen atoms in total. The van der Waals surface area contributed by atoms with Crippen LogP contribution in [0.1, 0.15) is 41.5 Å². The molecule has 0 aliphatic carbocycles. The third kappa shape index (κ3) is 8.24. The van der Waals surface area contributed by atoms with Crippen LogP contribution in [0.15, 0.2) is 0 Å².